The number of para-hydroxylation sites is 1. The smallest absolute Gasteiger partial charge is 0.294 e. The van der Waals surface area contributed by atoms with E-state index in [0.29, 0.717) is 0 Å². The van der Waals surface area contributed by atoms with Gasteiger partial charge in [-0.1, -0.05) is 36.4 Å². The molecule has 108 valence electrons. The molecule has 6 heteroatoms. The number of rotatable bonds is 1. The van der Waals surface area contributed by atoms with Crippen LogP contribution in [0.5, 0.6) is 0 Å². The number of aliphatic imine (C=N–C) groups is 1. The molecule has 0 spiro atoms. The summed E-state index contributed by atoms with van der Waals surface area (Å²) in [6.07, 6.45) is 5.40. The van der Waals surface area contributed by atoms with E-state index in [1.807, 2.05) is 36.7 Å². The summed E-state index contributed by atoms with van der Waals surface area (Å²) in [5.41, 5.74) is 2.22. The highest BCUT2D eigenvalue weighted by atomic mass is 32.2. The standard InChI is InChI=1S/C9H8N2.C6H6O3S/c1-2-4-9-8(3-1)7-10-5-6-11-9;7-10(8,9)6-4-2-1-3-5-6/h1-7,11H;1-5H,(H,7,8,9). The molecule has 2 aromatic carbocycles. The number of nitrogens with one attached hydrogen (secondary N) is 1. The minimum absolute atomic E-state index is 0.0741. The van der Waals surface area contributed by atoms with Crippen molar-refractivity contribution in [2.45, 2.75) is 4.90 Å². The van der Waals surface area contributed by atoms with Crippen LogP contribution in [-0.2, 0) is 10.1 Å². The van der Waals surface area contributed by atoms with Crippen LogP contribution in [0.1, 0.15) is 5.56 Å². The highest BCUT2D eigenvalue weighted by Gasteiger charge is 2.05. The third-order valence-corrected chi connectivity index (χ3v) is 3.48. The van der Waals surface area contributed by atoms with E-state index in [-0.39, 0.29) is 4.90 Å². The van der Waals surface area contributed by atoms with Gasteiger partial charge in [0.15, 0.2) is 0 Å². The van der Waals surface area contributed by atoms with Gasteiger partial charge in [0.1, 0.15) is 0 Å². The minimum Gasteiger partial charge on any atom is -0.360 e. The quantitative estimate of drug-likeness (QED) is 0.794. The zero-order valence-electron chi connectivity index (χ0n) is 11.0. The minimum atomic E-state index is -4.00. The molecule has 2 aromatic rings. The molecular formula is C15H14N2O3S. The number of hydrogen-bond acceptors (Lipinski definition) is 4. The van der Waals surface area contributed by atoms with Gasteiger partial charge in [-0.05, 0) is 18.2 Å². The fourth-order valence-electron chi connectivity index (χ4n) is 1.63. The van der Waals surface area contributed by atoms with Crippen molar-refractivity contribution in [1.82, 2.24) is 0 Å². The van der Waals surface area contributed by atoms with E-state index in [0.717, 1.165) is 11.3 Å². The molecule has 0 bridgehead atoms. The third kappa shape index (κ3) is 4.55. The molecule has 0 atom stereocenters. The van der Waals surface area contributed by atoms with Gasteiger partial charge < -0.3 is 5.32 Å². The summed E-state index contributed by atoms with van der Waals surface area (Å²) in [5, 5.41) is 3.12. The number of hydrogen-bond donors (Lipinski definition) is 2. The largest absolute Gasteiger partial charge is 0.360 e. The number of fused-ring (bicyclic) bond motifs is 1. The number of anilines is 1. The SMILES string of the molecule is C1=CNc2ccccc2C=N1.O=S(=O)(O)c1ccccc1. The summed E-state index contributed by atoms with van der Waals surface area (Å²) < 4.78 is 29.2. The van der Waals surface area contributed by atoms with Crippen LogP contribution >= 0.6 is 0 Å². The molecule has 1 aliphatic rings. The monoisotopic (exact) mass is 302 g/mol. The van der Waals surface area contributed by atoms with E-state index < -0.39 is 10.1 Å². The second-order valence-corrected chi connectivity index (χ2v) is 5.54. The average Bonchev–Trinajstić information content (AvgIpc) is 2.73. The summed E-state index contributed by atoms with van der Waals surface area (Å²) in [5.74, 6) is 0. The molecule has 1 aliphatic heterocycles. The fraction of sp³-hybridized carbons (Fsp3) is 0. The zero-order chi connectivity index (χ0) is 15.1. The summed E-state index contributed by atoms with van der Waals surface area (Å²) in [4.78, 5) is 3.97. The van der Waals surface area contributed by atoms with Gasteiger partial charge in [-0.3, -0.25) is 9.55 Å². The topological polar surface area (TPSA) is 78.8 Å². The molecule has 0 amide bonds. The van der Waals surface area contributed by atoms with Crippen molar-refractivity contribution in [3.05, 3.63) is 72.6 Å². The fourth-order valence-corrected chi connectivity index (χ4v) is 2.13. The first-order chi connectivity index (χ1) is 10.1. The number of nitrogens with zero attached hydrogens (tertiary/aromatic N) is 1. The van der Waals surface area contributed by atoms with Gasteiger partial charge in [0.05, 0.1) is 4.90 Å². The van der Waals surface area contributed by atoms with Crippen LogP contribution in [0.4, 0.5) is 5.69 Å². The first-order valence-corrected chi connectivity index (χ1v) is 7.58. The lowest BCUT2D eigenvalue weighted by Gasteiger charge is -2.01. The zero-order valence-corrected chi connectivity index (χ0v) is 11.9. The van der Waals surface area contributed by atoms with Crippen molar-refractivity contribution in [3.63, 3.8) is 0 Å². The predicted octanol–water partition coefficient (Wildman–Crippen LogP) is 2.94. The second-order valence-electron chi connectivity index (χ2n) is 4.11. The Hall–Kier alpha value is -2.44. The predicted molar refractivity (Wildman–Crippen MR) is 83.1 cm³/mol. The lowest BCUT2D eigenvalue weighted by molar-refractivity contribution is 0.483. The summed E-state index contributed by atoms with van der Waals surface area (Å²) in [7, 11) is -4.00. The van der Waals surface area contributed by atoms with Gasteiger partial charge in [-0.25, -0.2) is 0 Å². The van der Waals surface area contributed by atoms with E-state index in [2.05, 4.69) is 10.3 Å². The van der Waals surface area contributed by atoms with Crippen molar-refractivity contribution in [3.8, 4) is 0 Å². The van der Waals surface area contributed by atoms with Crippen LogP contribution in [0.15, 0.2) is 76.9 Å². The molecule has 0 saturated heterocycles. The highest BCUT2D eigenvalue weighted by Crippen LogP contribution is 2.13. The number of benzene rings is 2. The van der Waals surface area contributed by atoms with Gasteiger partial charge in [-0.2, -0.15) is 8.42 Å². The van der Waals surface area contributed by atoms with E-state index in [1.54, 1.807) is 24.4 Å². The normalized spacial score (nSPS) is 12.4. The molecule has 0 unspecified atom stereocenters. The van der Waals surface area contributed by atoms with E-state index in [9.17, 15) is 8.42 Å². The maximum atomic E-state index is 10.4. The van der Waals surface area contributed by atoms with Crippen LogP contribution in [0, 0.1) is 0 Å². The van der Waals surface area contributed by atoms with Gasteiger partial charge in [0.25, 0.3) is 10.1 Å². The molecule has 0 aromatic heterocycles. The van der Waals surface area contributed by atoms with Crippen LogP contribution in [0.25, 0.3) is 0 Å². The molecule has 3 rings (SSSR count). The Morgan fingerprint density at radius 2 is 1.62 bits per heavy atom. The Bertz CT molecular complexity index is 753. The van der Waals surface area contributed by atoms with Crippen molar-refractivity contribution >= 4 is 22.0 Å². The van der Waals surface area contributed by atoms with Gasteiger partial charge in [0, 0.05) is 29.9 Å². The lowest BCUT2D eigenvalue weighted by atomic mass is 10.2. The second kappa shape index (κ2) is 6.83. The lowest BCUT2D eigenvalue weighted by Crippen LogP contribution is -1.96. The summed E-state index contributed by atoms with van der Waals surface area (Å²) in [6, 6.07) is 15.5. The molecule has 0 fully saturated rings. The molecule has 1 heterocycles. The van der Waals surface area contributed by atoms with Gasteiger partial charge >= 0.3 is 0 Å². The Morgan fingerprint density at radius 3 is 2.29 bits per heavy atom. The Balaban J connectivity index is 0.000000155. The van der Waals surface area contributed by atoms with Crippen LogP contribution < -0.4 is 5.32 Å². The van der Waals surface area contributed by atoms with Crippen LogP contribution in [-0.4, -0.2) is 19.2 Å². The van der Waals surface area contributed by atoms with E-state index in [1.165, 1.54) is 12.1 Å². The molecule has 21 heavy (non-hydrogen) atoms. The first kappa shape index (κ1) is 15.0. The molecule has 0 saturated carbocycles. The van der Waals surface area contributed by atoms with Crippen molar-refractivity contribution in [2.75, 3.05) is 5.32 Å². The highest BCUT2D eigenvalue weighted by molar-refractivity contribution is 7.85. The summed E-state index contributed by atoms with van der Waals surface area (Å²) in [6.45, 7) is 0. The van der Waals surface area contributed by atoms with Crippen molar-refractivity contribution in [2.24, 2.45) is 4.99 Å². The Labute approximate surface area is 123 Å². The molecule has 0 radical (unpaired) electrons. The van der Waals surface area contributed by atoms with E-state index >= 15 is 0 Å². The molecule has 2 N–H and O–H groups in total. The average molecular weight is 302 g/mol. The van der Waals surface area contributed by atoms with Crippen LogP contribution in [0.2, 0.25) is 0 Å². The van der Waals surface area contributed by atoms with Crippen molar-refractivity contribution < 1.29 is 13.0 Å². The molecular weight excluding hydrogens is 288 g/mol. The third-order valence-electron chi connectivity index (χ3n) is 2.61. The maximum Gasteiger partial charge on any atom is 0.294 e. The first-order valence-electron chi connectivity index (χ1n) is 6.14. The van der Waals surface area contributed by atoms with Crippen molar-refractivity contribution in [1.29, 1.82) is 0 Å². The van der Waals surface area contributed by atoms with Crippen LogP contribution in [0.3, 0.4) is 0 Å². The van der Waals surface area contributed by atoms with Gasteiger partial charge in [-0.15, -0.1) is 0 Å². The summed E-state index contributed by atoms with van der Waals surface area (Å²) >= 11 is 0. The molecule has 5 nitrogen and oxygen atoms in total. The Morgan fingerprint density at radius 1 is 0.952 bits per heavy atom. The van der Waals surface area contributed by atoms with E-state index in [4.69, 9.17) is 4.55 Å². The Kier molecular flexibility index (Phi) is 4.86. The van der Waals surface area contributed by atoms with Gasteiger partial charge in [0.2, 0.25) is 0 Å². The maximum absolute atomic E-state index is 10.4. The molecule has 0 aliphatic carbocycles.